The normalized spacial score (nSPS) is 17.6. The van der Waals surface area contributed by atoms with Gasteiger partial charge in [-0.2, -0.15) is 0 Å². The van der Waals surface area contributed by atoms with Crippen molar-refractivity contribution in [3.05, 3.63) is 65.7 Å². The van der Waals surface area contributed by atoms with Crippen molar-refractivity contribution in [2.24, 2.45) is 0 Å². The third-order valence-corrected chi connectivity index (χ3v) is 5.47. The van der Waals surface area contributed by atoms with Crippen LogP contribution in [0.3, 0.4) is 0 Å². The van der Waals surface area contributed by atoms with Gasteiger partial charge in [-0.05, 0) is 45.0 Å². The molecule has 1 aliphatic rings. The molecule has 144 valence electrons. The fourth-order valence-electron chi connectivity index (χ4n) is 3.83. The molecule has 2 aromatic carbocycles. The third-order valence-electron chi connectivity index (χ3n) is 5.47. The molecule has 1 aliphatic heterocycles. The summed E-state index contributed by atoms with van der Waals surface area (Å²) in [5, 5.41) is 0.839. The number of ether oxygens (including phenoxy) is 1. The lowest BCUT2D eigenvalue weighted by molar-refractivity contribution is 0.00794. The summed E-state index contributed by atoms with van der Waals surface area (Å²) in [7, 11) is 0. The van der Waals surface area contributed by atoms with Crippen LogP contribution in [0, 0.1) is 6.92 Å². The number of aromatic nitrogens is 1. The monoisotopic (exact) mass is 374 g/mol. The van der Waals surface area contributed by atoms with Crippen molar-refractivity contribution in [3.63, 3.8) is 0 Å². The molecule has 1 aromatic heterocycles. The average molecular weight is 374 g/mol. The average Bonchev–Trinajstić information content (AvgIpc) is 2.73. The Kier molecular flexibility index (Phi) is 5.40. The second-order valence-corrected chi connectivity index (χ2v) is 7.50. The Labute approximate surface area is 166 Å². The largest absolute Gasteiger partial charge is 0.457 e. The van der Waals surface area contributed by atoms with Gasteiger partial charge in [-0.3, -0.25) is 4.90 Å². The SMILES string of the molecule is CCN1CCC[C@H](OC(=O)c2cc(-c3ccc(C)cc3)nc3ccccc23)C1. The first-order valence-electron chi connectivity index (χ1n) is 10.0. The predicted octanol–water partition coefficient (Wildman–Crippen LogP) is 4.85. The van der Waals surface area contributed by atoms with E-state index in [-0.39, 0.29) is 12.1 Å². The number of carbonyl (C=O) groups is 1. The van der Waals surface area contributed by atoms with Crippen molar-refractivity contribution in [3.8, 4) is 11.3 Å². The molecule has 4 nitrogen and oxygen atoms in total. The number of rotatable bonds is 4. The summed E-state index contributed by atoms with van der Waals surface area (Å²) in [5.41, 5.74) is 4.40. The molecule has 3 aromatic rings. The van der Waals surface area contributed by atoms with Crippen molar-refractivity contribution >= 4 is 16.9 Å². The van der Waals surface area contributed by atoms with E-state index in [1.807, 2.05) is 42.5 Å². The quantitative estimate of drug-likeness (QED) is 0.612. The maximum atomic E-state index is 13.1. The van der Waals surface area contributed by atoms with Crippen LogP contribution in [0.15, 0.2) is 54.6 Å². The third kappa shape index (κ3) is 3.92. The van der Waals surface area contributed by atoms with E-state index < -0.39 is 0 Å². The molecule has 0 radical (unpaired) electrons. The molecule has 0 spiro atoms. The van der Waals surface area contributed by atoms with E-state index in [1.165, 1.54) is 5.56 Å². The number of hydrogen-bond donors (Lipinski definition) is 0. The molecule has 0 N–H and O–H groups in total. The van der Waals surface area contributed by atoms with Crippen LogP contribution in [0.25, 0.3) is 22.2 Å². The van der Waals surface area contributed by atoms with Crippen LogP contribution >= 0.6 is 0 Å². The van der Waals surface area contributed by atoms with E-state index in [9.17, 15) is 4.79 Å². The van der Waals surface area contributed by atoms with Gasteiger partial charge in [-0.1, -0.05) is 55.0 Å². The van der Waals surface area contributed by atoms with E-state index in [0.29, 0.717) is 5.56 Å². The van der Waals surface area contributed by atoms with Crippen molar-refractivity contribution in [2.75, 3.05) is 19.6 Å². The minimum absolute atomic E-state index is 0.0454. The number of likely N-dealkylation sites (N-methyl/N-ethyl adjacent to an activating group) is 1. The first kappa shape index (κ1) is 18.6. The van der Waals surface area contributed by atoms with Crippen LogP contribution in [0.5, 0.6) is 0 Å². The molecule has 28 heavy (non-hydrogen) atoms. The van der Waals surface area contributed by atoms with Crippen LogP contribution in [-0.2, 0) is 4.74 Å². The fourth-order valence-corrected chi connectivity index (χ4v) is 3.83. The van der Waals surface area contributed by atoms with E-state index >= 15 is 0 Å². The minimum Gasteiger partial charge on any atom is -0.457 e. The number of likely N-dealkylation sites (tertiary alicyclic amines) is 1. The highest BCUT2D eigenvalue weighted by Crippen LogP contribution is 2.26. The number of benzene rings is 2. The highest BCUT2D eigenvalue weighted by Gasteiger charge is 2.24. The number of pyridine rings is 1. The summed E-state index contributed by atoms with van der Waals surface area (Å²) in [4.78, 5) is 20.2. The summed E-state index contributed by atoms with van der Waals surface area (Å²) in [6.07, 6.45) is 1.95. The van der Waals surface area contributed by atoms with Gasteiger partial charge in [0.25, 0.3) is 0 Å². The summed E-state index contributed by atoms with van der Waals surface area (Å²) in [6.45, 7) is 7.10. The zero-order valence-corrected chi connectivity index (χ0v) is 16.5. The molecular weight excluding hydrogens is 348 g/mol. The second kappa shape index (κ2) is 8.11. The number of carbonyl (C=O) groups excluding carboxylic acids is 1. The fraction of sp³-hybridized carbons (Fsp3) is 0.333. The van der Waals surface area contributed by atoms with Gasteiger partial charge < -0.3 is 4.74 Å². The summed E-state index contributed by atoms with van der Waals surface area (Å²) in [5.74, 6) is -0.255. The Morgan fingerprint density at radius 3 is 2.75 bits per heavy atom. The molecule has 1 atom stereocenters. The molecule has 4 rings (SSSR count). The van der Waals surface area contributed by atoms with Gasteiger partial charge in [0.15, 0.2) is 0 Å². The zero-order chi connectivity index (χ0) is 19.5. The van der Waals surface area contributed by atoms with Gasteiger partial charge in [0.1, 0.15) is 6.10 Å². The van der Waals surface area contributed by atoms with E-state index in [1.54, 1.807) is 0 Å². The van der Waals surface area contributed by atoms with Gasteiger partial charge in [0.2, 0.25) is 0 Å². The smallest absolute Gasteiger partial charge is 0.339 e. The van der Waals surface area contributed by atoms with Crippen LogP contribution in [0.1, 0.15) is 35.7 Å². The minimum atomic E-state index is -0.255. The first-order valence-corrected chi connectivity index (χ1v) is 10.0. The number of hydrogen-bond acceptors (Lipinski definition) is 4. The Morgan fingerprint density at radius 2 is 1.96 bits per heavy atom. The Hall–Kier alpha value is -2.72. The highest BCUT2D eigenvalue weighted by atomic mass is 16.5. The summed E-state index contributed by atoms with van der Waals surface area (Å²) < 4.78 is 5.92. The van der Waals surface area contributed by atoms with Crippen molar-refractivity contribution < 1.29 is 9.53 Å². The van der Waals surface area contributed by atoms with Gasteiger partial charge in [-0.25, -0.2) is 9.78 Å². The van der Waals surface area contributed by atoms with Gasteiger partial charge in [-0.15, -0.1) is 0 Å². The predicted molar refractivity (Wildman–Crippen MR) is 112 cm³/mol. The van der Waals surface area contributed by atoms with E-state index in [2.05, 4.69) is 30.9 Å². The Morgan fingerprint density at radius 1 is 1.18 bits per heavy atom. The van der Waals surface area contributed by atoms with Gasteiger partial charge in [0.05, 0.1) is 16.8 Å². The van der Waals surface area contributed by atoms with Crippen LogP contribution in [-0.4, -0.2) is 41.6 Å². The molecule has 0 unspecified atom stereocenters. The lowest BCUT2D eigenvalue weighted by atomic mass is 10.0. The van der Waals surface area contributed by atoms with E-state index in [0.717, 1.165) is 54.6 Å². The molecule has 1 fully saturated rings. The van der Waals surface area contributed by atoms with Crippen LogP contribution in [0.4, 0.5) is 0 Å². The van der Waals surface area contributed by atoms with Crippen molar-refractivity contribution in [1.29, 1.82) is 0 Å². The number of piperidine rings is 1. The standard InChI is InChI=1S/C24H26N2O2/c1-3-26-14-6-7-19(16-26)28-24(27)21-15-23(18-12-10-17(2)11-13-18)25-22-9-5-4-8-20(21)22/h4-5,8-13,15,19H,3,6-7,14,16H2,1-2H3/t19-/m0/s1. The lowest BCUT2D eigenvalue weighted by Crippen LogP contribution is -2.40. The van der Waals surface area contributed by atoms with Crippen molar-refractivity contribution in [2.45, 2.75) is 32.8 Å². The lowest BCUT2D eigenvalue weighted by Gasteiger charge is -2.31. The molecule has 4 heteroatoms. The number of fused-ring (bicyclic) bond motifs is 1. The molecule has 0 saturated carbocycles. The van der Waals surface area contributed by atoms with Crippen molar-refractivity contribution in [1.82, 2.24) is 9.88 Å². The number of para-hydroxylation sites is 1. The second-order valence-electron chi connectivity index (χ2n) is 7.50. The molecule has 2 heterocycles. The van der Waals surface area contributed by atoms with Gasteiger partial charge >= 0.3 is 5.97 Å². The summed E-state index contributed by atoms with van der Waals surface area (Å²) in [6, 6.07) is 17.9. The number of nitrogens with zero attached hydrogens (tertiary/aromatic N) is 2. The summed E-state index contributed by atoms with van der Waals surface area (Å²) >= 11 is 0. The molecule has 0 amide bonds. The maximum absolute atomic E-state index is 13.1. The highest BCUT2D eigenvalue weighted by molar-refractivity contribution is 6.04. The Balaban J connectivity index is 1.68. The molecule has 1 saturated heterocycles. The number of esters is 1. The van der Waals surface area contributed by atoms with E-state index in [4.69, 9.17) is 9.72 Å². The van der Waals surface area contributed by atoms with Crippen LogP contribution in [0.2, 0.25) is 0 Å². The Bertz CT molecular complexity index is 982. The zero-order valence-electron chi connectivity index (χ0n) is 16.5. The first-order chi connectivity index (χ1) is 13.6. The molecular formula is C24H26N2O2. The maximum Gasteiger partial charge on any atom is 0.339 e. The topological polar surface area (TPSA) is 42.4 Å². The van der Waals surface area contributed by atoms with Crippen LogP contribution < -0.4 is 0 Å². The molecule has 0 bridgehead atoms. The van der Waals surface area contributed by atoms with Gasteiger partial charge in [0, 0.05) is 17.5 Å². The molecule has 0 aliphatic carbocycles. The number of aryl methyl sites for hydroxylation is 1.